The largest absolute Gasteiger partial charge is 0.356 e. The smallest absolute Gasteiger partial charge is 0.226 e. The molecule has 1 amide bonds. The van der Waals surface area contributed by atoms with Crippen molar-refractivity contribution in [3.8, 4) is 0 Å². The van der Waals surface area contributed by atoms with Crippen molar-refractivity contribution in [1.82, 2.24) is 10.3 Å². The first kappa shape index (κ1) is 21.7. The topological polar surface area (TPSA) is 54.0 Å². The zero-order valence-electron chi connectivity index (χ0n) is 17.5. The lowest BCUT2D eigenvalue weighted by molar-refractivity contribution is -0.120. The van der Waals surface area contributed by atoms with Gasteiger partial charge in [-0.05, 0) is 41.8 Å². The molecule has 0 fully saturated rings. The van der Waals surface area contributed by atoms with Crippen LogP contribution in [-0.2, 0) is 11.2 Å². The second-order valence-electron chi connectivity index (χ2n) is 7.47. The van der Waals surface area contributed by atoms with E-state index >= 15 is 0 Å². The minimum Gasteiger partial charge on any atom is -0.356 e. The summed E-state index contributed by atoms with van der Waals surface area (Å²) >= 11 is 1.42. The quantitative estimate of drug-likeness (QED) is 0.337. The van der Waals surface area contributed by atoms with Crippen molar-refractivity contribution in [2.24, 2.45) is 0 Å². The van der Waals surface area contributed by atoms with Gasteiger partial charge in [-0.25, -0.2) is 9.37 Å². The van der Waals surface area contributed by atoms with Crippen LogP contribution >= 0.6 is 11.3 Å². The Morgan fingerprint density at radius 3 is 2.16 bits per heavy atom. The summed E-state index contributed by atoms with van der Waals surface area (Å²) in [6.45, 7) is 0.581. The van der Waals surface area contributed by atoms with Gasteiger partial charge in [0.2, 0.25) is 5.91 Å². The van der Waals surface area contributed by atoms with E-state index in [1.54, 1.807) is 12.1 Å². The Bertz CT molecular complexity index is 1090. The maximum absolute atomic E-state index is 13.0. The summed E-state index contributed by atoms with van der Waals surface area (Å²) < 4.78 is 13.0. The molecule has 32 heavy (non-hydrogen) atoms. The summed E-state index contributed by atoms with van der Waals surface area (Å²) in [4.78, 5) is 16.9. The highest BCUT2D eigenvalue weighted by Gasteiger charge is 2.14. The number of nitrogens with zero attached hydrogens (tertiary/aromatic N) is 1. The average Bonchev–Trinajstić information content (AvgIpc) is 3.26. The van der Waals surface area contributed by atoms with Crippen LogP contribution < -0.4 is 10.6 Å². The molecule has 1 aromatic heterocycles. The van der Waals surface area contributed by atoms with Crippen LogP contribution in [0.25, 0.3) is 0 Å². The highest BCUT2D eigenvalue weighted by Crippen LogP contribution is 2.27. The normalized spacial score (nSPS) is 10.8. The summed E-state index contributed by atoms with van der Waals surface area (Å²) in [6.07, 6.45) is 1.04. The van der Waals surface area contributed by atoms with Gasteiger partial charge in [-0.3, -0.25) is 4.79 Å². The highest BCUT2D eigenvalue weighted by molar-refractivity contribution is 7.13. The lowest BCUT2D eigenvalue weighted by Crippen LogP contribution is -2.27. The van der Waals surface area contributed by atoms with Crippen LogP contribution in [0.1, 0.15) is 29.2 Å². The molecule has 0 bridgehead atoms. The van der Waals surface area contributed by atoms with E-state index in [4.69, 9.17) is 0 Å². The monoisotopic (exact) mass is 445 g/mol. The van der Waals surface area contributed by atoms with E-state index in [0.29, 0.717) is 17.4 Å². The van der Waals surface area contributed by atoms with Crippen LogP contribution in [0.15, 0.2) is 90.3 Å². The molecule has 0 atom stereocenters. The third kappa shape index (κ3) is 6.02. The molecule has 6 heteroatoms. The Morgan fingerprint density at radius 1 is 0.906 bits per heavy atom. The molecule has 0 aliphatic heterocycles. The molecule has 0 unspecified atom stereocenters. The number of halogens is 1. The van der Waals surface area contributed by atoms with Crippen LogP contribution in [0.3, 0.4) is 0 Å². The van der Waals surface area contributed by atoms with Crippen molar-refractivity contribution >= 4 is 28.1 Å². The van der Waals surface area contributed by atoms with Crippen molar-refractivity contribution in [2.45, 2.75) is 18.8 Å². The fourth-order valence-corrected chi connectivity index (χ4v) is 4.31. The van der Waals surface area contributed by atoms with Crippen LogP contribution in [0.4, 0.5) is 15.2 Å². The number of hydrogen-bond donors (Lipinski definition) is 2. The molecule has 0 saturated heterocycles. The zero-order valence-corrected chi connectivity index (χ0v) is 18.3. The first-order valence-electron chi connectivity index (χ1n) is 10.5. The standard InChI is InChI=1S/C26H24FN3OS/c27-21-11-13-22(14-12-21)29-26-30-23(18-32-26)17-25(31)28-16-15-24(19-7-3-1-4-8-19)20-9-5-2-6-10-20/h1-14,18,24H,15-17H2,(H,28,31)(H,29,30). The minimum atomic E-state index is -0.284. The zero-order chi connectivity index (χ0) is 22.2. The first-order valence-corrected chi connectivity index (χ1v) is 11.4. The molecule has 1 heterocycles. The molecule has 3 aromatic carbocycles. The molecule has 0 radical (unpaired) electrons. The van der Waals surface area contributed by atoms with Crippen molar-refractivity contribution in [1.29, 1.82) is 0 Å². The van der Waals surface area contributed by atoms with E-state index in [1.165, 1.54) is 34.6 Å². The Morgan fingerprint density at radius 2 is 1.53 bits per heavy atom. The van der Waals surface area contributed by atoms with Crippen molar-refractivity contribution in [3.63, 3.8) is 0 Å². The molecule has 4 rings (SSSR count). The summed E-state index contributed by atoms with van der Waals surface area (Å²) in [6, 6.07) is 26.8. The van der Waals surface area contributed by atoms with Gasteiger partial charge in [-0.1, -0.05) is 60.7 Å². The number of anilines is 2. The number of hydrogen-bond acceptors (Lipinski definition) is 4. The Kier molecular flexibility index (Phi) is 7.25. The van der Waals surface area contributed by atoms with E-state index < -0.39 is 0 Å². The van der Waals surface area contributed by atoms with Crippen LogP contribution in [-0.4, -0.2) is 17.4 Å². The Balaban J connectivity index is 1.30. The SMILES string of the molecule is O=C(Cc1csc(Nc2ccc(F)cc2)n1)NCCC(c1ccccc1)c1ccccc1. The molecule has 0 spiro atoms. The van der Waals surface area contributed by atoms with E-state index in [1.807, 2.05) is 41.8 Å². The molecule has 0 aliphatic rings. The predicted octanol–water partition coefficient (Wildman–Crippen LogP) is 5.91. The Hall–Kier alpha value is -3.51. The fourth-order valence-electron chi connectivity index (χ4n) is 3.58. The summed E-state index contributed by atoms with van der Waals surface area (Å²) in [5.74, 6) is -0.110. The maximum Gasteiger partial charge on any atom is 0.226 e. The molecular weight excluding hydrogens is 421 g/mol. The summed E-state index contributed by atoms with van der Waals surface area (Å²) in [5.41, 5.74) is 3.94. The lowest BCUT2D eigenvalue weighted by Gasteiger charge is -2.18. The van der Waals surface area contributed by atoms with Gasteiger partial charge in [0.15, 0.2) is 5.13 Å². The summed E-state index contributed by atoms with van der Waals surface area (Å²) in [7, 11) is 0. The summed E-state index contributed by atoms with van der Waals surface area (Å²) in [5, 5.41) is 8.70. The van der Waals surface area contributed by atoms with E-state index in [-0.39, 0.29) is 24.1 Å². The average molecular weight is 446 g/mol. The number of benzene rings is 3. The van der Waals surface area contributed by atoms with E-state index in [0.717, 1.165) is 12.1 Å². The molecule has 0 saturated carbocycles. The maximum atomic E-state index is 13.0. The Labute approximate surface area is 191 Å². The van der Waals surface area contributed by atoms with Crippen LogP contribution in [0, 0.1) is 5.82 Å². The van der Waals surface area contributed by atoms with Crippen molar-refractivity contribution in [2.75, 3.05) is 11.9 Å². The number of carbonyl (C=O) groups excluding carboxylic acids is 1. The van der Waals surface area contributed by atoms with Crippen LogP contribution in [0.2, 0.25) is 0 Å². The van der Waals surface area contributed by atoms with Crippen molar-refractivity contribution < 1.29 is 9.18 Å². The van der Waals surface area contributed by atoms with Gasteiger partial charge in [0.25, 0.3) is 0 Å². The van der Waals surface area contributed by atoms with E-state index in [9.17, 15) is 9.18 Å². The fraction of sp³-hybridized carbons (Fsp3) is 0.154. The number of rotatable bonds is 9. The van der Waals surface area contributed by atoms with Crippen molar-refractivity contribution in [3.05, 3.63) is 113 Å². The van der Waals surface area contributed by atoms with Gasteiger partial charge in [0, 0.05) is 23.5 Å². The highest BCUT2D eigenvalue weighted by atomic mass is 32.1. The number of thiazole rings is 1. The molecule has 0 aliphatic carbocycles. The third-order valence-electron chi connectivity index (χ3n) is 5.15. The first-order chi connectivity index (χ1) is 15.7. The molecule has 162 valence electrons. The number of carbonyl (C=O) groups is 1. The number of aromatic nitrogens is 1. The van der Waals surface area contributed by atoms with Gasteiger partial charge >= 0.3 is 0 Å². The molecule has 2 N–H and O–H groups in total. The predicted molar refractivity (Wildman–Crippen MR) is 128 cm³/mol. The second-order valence-corrected chi connectivity index (χ2v) is 8.32. The van der Waals surface area contributed by atoms with Gasteiger partial charge in [-0.15, -0.1) is 11.3 Å². The van der Waals surface area contributed by atoms with Gasteiger partial charge in [0.05, 0.1) is 12.1 Å². The minimum absolute atomic E-state index is 0.0523. The molecule has 4 nitrogen and oxygen atoms in total. The van der Waals surface area contributed by atoms with Gasteiger partial charge in [-0.2, -0.15) is 0 Å². The van der Waals surface area contributed by atoms with Gasteiger partial charge < -0.3 is 10.6 Å². The van der Waals surface area contributed by atoms with Crippen LogP contribution in [0.5, 0.6) is 0 Å². The van der Waals surface area contributed by atoms with E-state index in [2.05, 4.69) is 39.9 Å². The number of nitrogens with one attached hydrogen (secondary N) is 2. The molecular formula is C26H24FN3OS. The van der Waals surface area contributed by atoms with Gasteiger partial charge in [0.1, 0.15) is 5.82 Å². The third-order valence-corrected chi connectivity index (χ3v) is 5.95. The number of amides is 1. The molecule has 4 aromatic rings. The second kappa shape index (κ2) is 10.7. The lowest BCUT2D eigenvalue weighted by atomic mass is 9.88.